The standard InChI is InChI=1S/C24H20ClF3N2O5S/c1-4-35-23(33)18-12(2)19(21(32)29-17-11-14(24(26,27)28)7-10-16(17)25)36-22(18)30-20(31)13-5-8-15(34-3)9-6-13/h5-11H,4H2,1-3H3,(H,29,32)(H,30,31). The van der Waals surface area contributed by atoms with Gasteiger partial charge < -0.3 is 20.1 Å². The maximum absolute atomic E-state index is 13.1. The molecule has 0 bridgehead atoms. The van der Waals surface area contributed by atoms with E-state index in [1.165, 1.54) is 26.2 Å². The fourth-order valence-electron chi connectivity index (χ4n) is 3.16. The van der Waals surface area contributed by atoms with Gasteiger partial charge in [0.2, 0.25) is 0 Å². The van der Waals surface area contributed by atoms with Gasteiger partial charge in [-0.1, -0.05) is 11.6 Å². The summed E-state index contributed by atoms with van der Waals surface area (Å²) in [6.45, 7) is 3.11. The number of benzene rings is 2. The number of carbonyl (C=O) groups is 3. The maximum atomic E-state index is 13.1. The molecule has 7 nitrogen and oxygen atoms in total. The van der Waals surface area contributed by atoms with Crippen LogP contribution in [-0.4, -0.2) is 31.5 Å². The van der Waals surface area contributed by atoms with E-state index in [-0.39, 0.29) is 43.9 Å². The zero-order valence-corrected chi connectivity index (χ0v) is 20.8. The number of esters is 1. The van der Waals surface area contributed by atoms with Gasteiger partial charge in [-0.3, -0.25) is 9.59 Å². The van der Waals surface area contributed by atoms with Crippen molar-refractivity contribution in [1.29, 1.82) is 0 Å². The molecule has 3 rings (SSSR count). The molecule has 0 spiro atoms. The summed E-state index contributed by atoms with van der Waals surface area (Å²) in [7, 11) is 1.48. The molecule has 0 saturated carbocycles. The molecule has 0 aliphatic rings. The summed E-state index contributed by atoms with van der Waals surface area (Å²) in [5.74, 6) is -1.60. The Morgan fingerprint density at radius 1 is 1.03 bits per heavy atom. The van der Waals surface area contributed by atoms with E-state index in [0.29, 0.717) is 11.8 Å². The number of halogens is 4. The number of rotatable bonds is 7. The van der Waals surface area contributed by atoms with Gasteiger partial charge >= 0.3 is 12.1 Å². The number of hydrogen-bond acceptors (Lipinski definition) is 6. The summed E-state index contributed by atoms with van der Waals surface area (Å²) in [5.41, 5.74) is -0.845. The van der Waals surface area contributed by atoms with E-state index in [4.69, 9.17) is 21.1 Å². The Bertz CT molecular complexity index is 1310. The first-order chi connectivity index (χ1) is 17.0. The molecular weight excluding hydrogens is 521 g/mol. The van der Waals surface area contributed by atoms with Crippen LogP contribution in [-0.2, 0) is 10.9 Å². The second-order valence-corrected chi connectivity index (χ2v) is 8.74. The van der Waals surface area contributed by atoms with Crippen LogP contribution < -0.4 is 15.4 Å². The number of amides is 2. The molecule has 1 heterocycles. The molecule has 36 heavy (non-hydrogen) atoms. The Labute approximate surface area is 213 Å². The van der Waals surface area contributed by atoms with Crippen LogP contribution >= 0.6 is 22.9 Å². The van der Waals surface area contributed by atoms with Crippen LogP contribution in [0.4, 0.5) is 23.9 Å². The van der Waals surface area contributed by atoms with Gasteiger partial charge in [-0.25, -0.2) is 4.79 Å². The zero-order valence-electron chi connectivity index (χ0n) is 19.2. The van der Waals surface area contributed by atoms with E-state index in [2.05, 4.69) is 10.6 Å². The van der Waals surface area contributed by atoms with Gasteiger partial charge in [-0.2, -0.15) is 13.2 Å². The number of ether oxygens (including phenoxy) is 2. The minimum atomic E-state index is -4.64. The minimum Gasteiger partial charge on any atom is -0.497 e. The quantitative estimate of drug-likeness (QED) is 0.337. The molecule has 3 aromatic rings. The van der Waals surface area contributed by atoms with Crippen LogP contribution in [0.3, 0.4) is 0 Å². The Hall–Kier alpha value is -3.57. The van der Waals surface area contributed by atoms with Crippen molar-refractivity contribution in [3.05, 3.63) is 74.6 Å². The average molecular weight is 541 g/mol. The molecule has 2 amide bonds. The summed E-state index contributed by atoms with van der Waals surface area (Å²) >= 11 is 6.76. The van der Waals surface area contributed by atoms with Crippen molar-refractivity contribution in [2.24, 2.45) is 0 Å². The largest absolute Gasteiger partial charge is 0.497 e. The van der Waals surface area contributed by atoms with Crippen LogP contribution in [0.25, 0.3) is 0 Å². The van der Waals surface area contributed by atoms with Crippen LogP contribution in [0.15, 0.2) is 42.5 Å². The number of methoxy groups -OCH3 is 1. The van der Waals surface area contributed by atoms with Crippen molar-refractivity contribution in [2.75, 3.05) is 24.4 Å². The Kier molecular flexibility index (Phi) is 8.26. The lowest BCUT2D eigenvalue weighted by Crippen LogP contribution is -2.15. The van der Waals surface area contributed by atoms with E-state index in [0.717, 1.165) is 23.5 Å². The third-order valence-electron chi connectivity index (χ3n) is 4.95. The Balaban J connectivity index is 1.95. The fraction of sp³-hybridized carbons (Fsp3) is 0.208. The molecule has 1 aromatic heterocycles. The van der Waals surface area contributed by atoms with Crippen LogP contribution in [0.5, 0.6) is 5.75 Å². The predicted octanol–water partition coefficient (Wildman–Crippen LogP) is 6.42. The third kappa shape index (κ3) is 5.97. The topological polar surface area (TPSA) is 93.7 Å². The van der Waals surface area contributed by atoms with Gasteiger partial charge in [-0.15, -0.1) is 11.3 Å². The highest BCUT2D eigenvalue weighted by molar-refractivity contribution is 7.19. The first kappa shape index (κ1) is 27.0. The van der Waals surface area contributed by atoms with Crippen LogP contribution in [0.1, 0.15) is 48.4 Å². The second kappa shape index (κ2) is 11.0. The molecule has 0 unspecified atom stereocenters. The van der Waals surface area contributed by atoms with Crippen LogP contribution in [0.2, 0.25) is 5.02 Å². The van der Waals surface area contributed by atoms with E-state index >= 15 is 0 Å². The Morgan fingerprint density at radius 2 is 1.69 bits per heavy atom. The molecule has 0 saturated heterocycles. The van der Waals surface area contributed by atoms with E-state index in [1.807, 2.05) is 0 Å². The number of anilines is 2. The van der Waals surface area contributed by atoms with E-state index < -0.39 is 29.5 Å². The lowest BCUT2D eigenvalue weighted by atomic mass is 10.1. The van der Waals surface area contributed by atoms with Gasteiger partial charge in [0.05, 0.1) is 40.4 Å². The van der Waals surface area contributed by atoms with Crippen molar-refractivity contribution in [3.63, 3.8) is 0 Å². The number of nitrogens with one attached hydrogen (secondary N) is 2. The normalized spacial score (nSPS) is 11.1. The van der Waals surface area contributed by atoms with Crippen LogP contribution in [0, 0.1) is 6.92 Å². The number of thiophene rings is 1. The monoisotopic (exact) mass is 540 g/mol. The lowest BCUT2D eigenvalue weighted by molar-refractivity contribution is -0.137. The fourth-order valence-corrected chi connectivity index (χ4v) is 4.41. The molecule has 0 aliphatic heterocycles. The summed E-state index contributed by atoms with van der Waals surface area (Å²) in [4.78, 5) is 38.4. The molecule has 2 aromatic carbocycles. The van der Waals surface area contributed by atoms with Gasteiger partial charge in [0.15, 0.2) is 0 Å². The first-order valence-corrected chi connectivity index (χ1v) is 11.6. The first-order valence-electron chi connectivity index (χ1n) is 10.4. The molecule has 0 radical (unpaired) electrons. The van der Waals surface area contributed by atoms with Gasteiger partial charge in [0, 0.05) is 5.56 Å². The smallest absolute Gasteiger partial charge is 0.416 e. The molecule has 0 atom stereocenters. The third-order valence-corrected chi connectivity index (χ3v) is 6.49. The number of hydrogen-bond donors (Lipinski definition) is 2. The van der Waals surface area contributed by atoms with Crippen molar-refractivity contribution >= 4 is 51.4 Å². The van der Waals surface area contributed by atoms with E-state index in [1.54, 1.807) is 19.1 Å². The highest BCUT2D eigenvalue weighted by atomic mass is 35.5. The van der Waals surface area contributed by atoms with Crippen molar-refractivity contribution < 1.29 is 37.0 Å². The van der Waals surface area contributed by atoms with Gasteiger partial charge in [0.1, 0.15) is 10.8 Å². The highest BCUT2D eigenvalue weighted by Gasteiger charge is 2.32. The second-order valence-electron chi connectivity index (χ2n) is 7.31. The van der Waals surface area contributed by atoms with Gasteiger partial charge in [-0.05, 0) is 61.9 Å². The SMILES string of the molecule is CCOC(=O)c1c(NC(=O)c2ccc(OC)cc2)sc(C(=O)Nc2cc(C(F)(F)F)ccc2Cl)c1C. The molecule has 2 N–H and O–H groups in total. The lowest BCUT2D eigenvalue weighted by Gasteiger charge is -2.11. The maximum Gasteiger partial charge on any atom is 0.416 e. The molecule has 0 fully saturated rings. The van der Waals surface area contributed by atoms with Crippen molar-refractivity contribution in [3.8, 4) is 5.75 Å². The van der Waals surface area contributed by atoms with Crippen molar-refractivity contribution in [2.45, 2.75) is 20.0 Å². The Morgan fingerprint density at radius 3 is 2.28 bits per heavy atom. The van der Waals surface area contributed by atoms with Crippen molar-refractivity contribution in [1.82, 2.24) is 0 Å². The highest BCUT2D eigenvalue weighted by Crippen LogP contribution is 2.37. The van der Waals surface area contributed by atoms with E-state index in [9.17, 15) is 27.6 Å². The minimum absolute atomic E-state index is 0.0171. The summed E-state index contributed by atoms with van der Waals surface area (Å²) in [6.07, 6.45) is -4.64. The number of carbonyl (C=O) groups excluding carboxylic acids is 3. The molecule has 0 aliphatic carbocycles. The molecule has 12 heteroatoms. The molecular formula is C24H20ClF3N2O5S. The average Bonchev–Trinajstić information content (AvgIpc) is 3.15. The van der Waals surface area contributed by atoms with Gasteiger partial charge in [0.25, 0.3) is 11.8 Å². The number of alkyl halides is 3. The zero-order chi connectivity index (χ0) is 26.6. The summed E-state index contributed by atoms with van der Waals surface area (Å²) in [6, 6.07) is 8.72. The summed E-state index contributed by atoms with van der Waals surface area (Å²) < 4.78 is 49.4. The predicted molar refractivity (Wildman–Crippen MR) is 130 cm³/mol. The molecule has 190 valence electrons. The summed E-state index contributed by atoms with van der Waals surface area (Å²) in [5, 5.41) is 4.90.